The van der Waals surface area contributed by atoms with Gasteiger partial charge in [-0.3, -0.25) is 39.1 Å². The van der Waals surface area contributed by atoms with Gasteiger partial charge >= 0.3 is 0 Å². The van der Waals surface area contributed by atoms with Crippen molar-refractivity contribution in [2.75, 3.05) is 7.11 Å². The van der Waals surface area contributed by atoms with Gasteiger partial charge in [0.25, 0.3) is 0 Å². The molecule has 16 rings (SSSR count). The Morgan fingerprint density at radius 1 is 0.317 bits per heavy atom. The molecule has 0 fully saturated rings. The number of carbonyl (C=O) groups is 4. The van der Waals surface area contributed by atoms with E-state index >= 15 is 0 Å². The van der Waals surface area contributed by atoms with Crippen LogP contribution in [0.15, 0.2) is 309 Å². The Morgan fingerprint density at radius 3 is 0.968 bits per heavy atom. The molecular weight excluding hydrogens is 2290 g/mol. The van der Waals surface area contributed by atoms with E-state index in [9.17, 15) is 19.2 Å². The first-order chi connectivity index (χ1) is 58.2. The number of pyridine rings is 4. The summed E-state index contributed by atoms with van der Waals surface area (Å²) in [5.74, 6) is 0.512. The third-order valence-electron chi connectivity index (χ3n) is 18.0. The van der Waals surface area contributed by atoms with Crippen LogP contribution < -0.4 is 4.74 Å². The summed E-state index contributed by atoms with van der Waals surface area (Å²) in [5, 5.41) is 38.0. The van der Waals surface area contributed by atoms with Crippen LogP contribution in [0.5, 0.6) is 5.75 Å². The standard InChI is InChI=1S/C22H19N2O.C22H19N2.C21H17N2.C20H15N2.4C5H8O2.4Ir/c1-15-10-16(2)12-18(11-15)22-21(25-3)14-17-13-19(6-7-20(17)23-22)24-8-4-5-9-24;1-15-10-16(2)12-19(11-15)22-17(3)13-18-14-20(6-7-21(18)23-22)24-8-4-5-9-24;1-15-11-16(2)13-18(12-15)20-8-6-17-5-7-19(14-21(17)22-20)23-9-3-4-10-23;1-15-5-4-6-17(13-15)19-10-8-16-7-9-18(14-20(16)21-19)22-11-2-3-12-22;4*1-4(6)3-5(2)7;;;;/h4-11,13-14H,1-3H3;4-11,13-14H,1-3H3;3-12,14H,1-2H3;2-5,7-14H,1H3;4*3,6H,1-2H3;;;;/q4*-1;;;;;;;;. The Balaban J connectivity index is 0.000000268. The number of ketones is 4. The number of ether oxygens (including phenoxy) is 1. The van der Waals surface area contributed by atoms with Crippen molar-refractivity contribution >= 4 is 66.7 Å². The van der Waals surface area contributed by atoms with Crippen LogP contribution in [-0.4, -0.2) is 88.9 Å². The van der Waals surface area contributed by atoms with E-state index in [1.807, 2.05) is 98.7 Å². The van der Waals surface area contributed by atoms with Gasteiger partial charge in [0.1, 0.15) is 5.75 Å². The van der Waals surface area contributed by atoms with Crippen LogP contribution in [0.1, 0.15) is 99.9 Å². The summed E-state index contributed by atoms with van der Waals surface area (Å²) in [6.07, 6.45) is 21.0. The number of hydrogen-bond acceptors (Lipinski definition) is 13. The molecule has 0 amide bonds. The number of rotatable bonds is 13. The normalized spacial score (nSPS) is 10.8. The first-order valence-corrected chi connectivity index (χ1v) is 39.5. The van der Waals surface area contributed by atoms with Crippen molar-refractivity contribution in [3.05, 3.63) is 378 Å². The monoisotopic (exact) mass is 2390 g/mol. The van der Waals surface area contributed by atoms with Crippen LogP contribution in [0.2, 0.25) is 0 Å². The molecule has 0 unspecified atom stereocenters. The summed E-state index contributed by atoms with van der Waals surface area (Å²) in [6.45, 7) is 28.1. The Labute approximate surface area is 792 Å². The molecule has 656 valence electrons. The molecule has 17 nitrogen and oxygen atoms in total. The number of aryl methyl sites for hydroxylation is 8. The van der Waals surface area contributed by atoms with Crippen LogP contribution in [0.3, 0.4) is 0 Å². The molecule has 0 aliphatic carbocycles. The molecule has 0 spiro atoms. The Kier molecular flexibility index (Phi) is 41.9. The number of hydrogen-bond donors (Lipinski definition) is 4. The van der Waals surface area contributed by atoms with Gasteiger partial charge in [-0.25, -0.2) is 0 Å². The largest absolute Gasteiger partial charge is 0.512 e. The fourth-order valence-electron chi connectivity index (χ4n) is 13.2. The minimum Gasteiger partial charge on any atom is -0.512 e. The number of nitrogens with zero attached hydrogens (tertiary/aromatic N) is 8. The van der Waals surface area contributed by atoms with E-state index in [2.05, 4.69) is 261 Å². The molecule has 8 aromatic heterocycles. The van der Waals surface area contributed by atoms with E-state index in [0.717, 1.165) is 134 Å². The smallest absolute Gasteiger partial charge is 0.155 e. The maximum atomic E-state index is 10.0. The summed E-state index contributed by atoms with van der Waals surface area (Å²) in [4.78, 5) is 59.5. The van der Waals surface area contributed by atoms with Crippen molar-refractivity contribution in [2.45, 2.75) is 111 Å². The number of aliphatic hydroxyl groups is 4. The first-order valence-electron chi connectivity index (χ1n) is 39.5. The number of fused-ring (bicyclic) bond motifs is 4. The number of aromatic nitrogens is 8. The van der Waals surface area contributed by atoms with Gasteiger partial charge < -0.3 is 43.4 Å². The molecule has 0 aliphatic rings. The van der Waals surface area contributed by atoms with Crippen molar-refractivity contribution in [3.63, 3.8) is 0 Å². The molecule has 4 radical (unpaired) electrons. The topological polar surface area (TPSA) is 230 Å². The Hall–Kier alpha value is -12.2. The number of carbonyl (C=O) groups excluding carboxylic acids is 4. The SMILES string of the molecule is CC(=O)C=C(C)O.CC(=O)C=C(C)O.CC(=O)C=C(C)O.CC(=O)C=C(C)O.COc1cc2cc(-n3cccc3)ccc2nc1-c1[c-]c(C)cc(C)c1.Cc1[c-]c(-c2ccc3ccc(-n4cccc4)cc3n2)cc(C)c1.Cc1[c-]c(-c2nc3ccc(-n4cccc4)cc3cc2C)cc(C)c1.Cc1cc[c-]c(-c2ccc3ccc(-n4cccc4)cc3n2)c1.[Ir].[Ir].[Ir].[Ir]. The molecule has 16 aromatic rings. The Bertz CT molecular complexity index is 6280. The predicted octanol–water partition coefficient (Wildman–Crippen LogP) is 24.6. The van der Waals surface area contributed by atoms with Gasteiger partial charge in [-0.2, -0.15) is 0 Å². The zero-order valence-electron chi connectivity index (χ0n) is 73.4. The van der Waals surface area contributed by atoms with E-state index in [0.29, 0.717) is 0 Å². The number of allylic oxidation sites excluding steroid dienone is 8. The molecule has 0 saturated carbocycles. The number of benzene rings is 8. The second kappa shape index (κ2) is 50.6. The molecule has 8 heterocycles. The van der Waals surface area contributed by atoms with Gasteiger partial charge in [-0.05, 0) is 205 Å². The second-order valence-corrected chi connectivity index (χ2v) is 29.6. The predicted molar refractivity (Wildman–Crippen MR) is 494 cm³/mol. The molecule has 4 N–H and O–H groups in total. The van der Waals surface area contributed by atoms with Crippen LogP contribution in [0.25, 0.3) is 111 Å². The second-order valence-electron chi connectivity index (χ2n) is 29.6. The maximum Gasteiger partial charge on any atom is 0.155 e. The van der Waals surface area contributed by atoms with Gasteiger partial charge in [-0.15, -0.1) is 140 Å². The van der Waals surface area contributed by atoms with Crippen molar-refractivity contribution in [1.82, 2.24) is 38.2 Å². The fourth-order valence-corrected chi connectivity index (χ4v) is 13.2. The van der Waals surface area contributed by atoms with Gasteiger partial charge in [0.2, 0.25) is 0 Å². The van der Waals surface area contributed by atoms with E-state index in [4.69, 9.17) is 45.1 Å². The molecule has 8 aromatic carbocycles. The molecule has 0 atom stereocenters. The van der Waals surface area contributed by atoms with Crippen LogP contribution >= 0.6 is 0 Å². The van der Waals surface area contributed by atoms with Gasteiger partial charge in [0.05, 0.1) is 52.2 Å². The van der Waals surface area contributed by atoms with E-state index in [-0.39, 0.29) is 127 Å². The van der Waals surface area contributed by atoms with Crippen molar-refractivity contribution in [2.24, 2.45) is 0 Å². The summed E-state index contributed by atoms with van der Waals surface area (Å²) in [5.41, 5.74) is 25.8. The molecule has 0 aliphatic heterocycles. The van der Waals surface area contributed by atoms with Gasteiger partial charge in [-0.1, -0.05) is 96.5 Å². The minimum atomic E-state index is -0.125. The maximum absolute atomic E-state index is 10.0. The van der Waals surface area contributed by atoms with Gasteiger partial charge in [0.15, 0.2) is 23.1 Å². The van der Waals surface area contributed by atoms with E-state index in [1.54, 1.807) is 7.11 Å². The van der Waals surface area contributed by atoms with Crippen molar-refractivity contribution in [1.29, 1.82) is 0 Å². The third-order valence-corrected chi connectivity index (χ3v) is 18.0. The summed E-state index contributed by atoms with van der Waals surface area (Å²) >= 11 is 0. The quantitative estimate of drug-likeness (QED) is 0.0479. The molecule has 0 bridgehead atoms. The van der Waals surface area contributed by atoms with Crippen LogP contribution in [0, 0.1) is 79.7 Å². The molecule has 0 saturated heterocycles. The zero-order valence-corrected chi connectivity index (χ0v) is 83.0. The van der Waals surface area contributed by atoms with Gasteiger partial charge in [0, 0.05) is 194 Å². The van der Waals surface area contributed by atoms with E-state index in [1.165, 1.54) is 108 Å². The number of methoxy groups -OCH3 is 1. The third kappa shape index (κ3) is 32.4. The fraction of sp³-hybridized carbons (Fsp3) is 0.162. The average molecular weight is 2390 g/mol. The van der Waals surface area contributed by atoms with Crippen LogP contribution in [0.4, 0.5) is 0 Å². The molecular formula is C105H102Ir4N8O9-4. The van der Waals surface area contributed by atoms with Crippen molar-refractivity contribution in [3.8, 4) is 73.5 Å². The molecule has 21 heteroatoms. The van der Waals surface area contributed by atoms with Crippen LogP contribution in [-0.2, 0) is 99.6 Å². The number of aliphatic hydroxyl groups excluding tert-OH is 4. The summed E-state index contributed by atoms with van der Waals surface area (Å²) < 4.78 is 14.0. The van der Waals surface area contributed by atoms with Crippen molar-refractivity contribution < 1.29 is 125 Å². The summed E-state index contributed by atoms with van der Waals surface area (Å²) in [7, 11) is 1.69. The first kappa shape index (κ1) is 104. The Morgan fingerprint density at radius 2 is 0.627 bits per heavy atom. The summed E-state index contributed by atoms with van der Waals surface area (Å²) in [6, 6.07) is 86.6. The minimum absolute atomic E-state index is 0. The zero-order chi connectivity index (χ0) is 88.3. The molecule has 126 heavy (non-hydrogen) atoms. The average Bonchev–Trinajstić information content (AvgIpc) is 0.958. The van der Waals surface area contributed by atoms with E-state index < -0.39 is 0 Å².